The molecule has 6 atom stereocenters. The van der Waals surface area contributed by atoms with Crippen LogP contribution in [0.5, 0.6) is 17.2 Å². The maximum atomic E-state index is 14.6. The first-order valence-corrected chi connectivity index (χ1v) is 16.2. The molecule has 0 spiro atoms. The number of carbonyl (C=O) groups excluding carboxylic acids is 4. The summed E-state index contributed by atoms with van der Waals surface area (Å²) in [7, 11) is 2.60. The normalized spacial score (nSPS) is 27.3. The van der Waals surface area contributed by atoms with Gasteiger partial charge < -0.3 is 14.6 Å². The molecule has 2 aliphatic carbocycles. The molecule has 0 unspecified atom stereocenters. The highest BCUT2D eigenvalue weighted by atomic mass is 19.4. The quantitative estimate of drug-likeness (QED) is 0.173. The van der Waals surface area contributed by atoms with Gasteiger partial charge in [-0.1, -0.05) is 29.8 Å². The second-order valence-corrected chi connectivity index (χ2v) is 13.5. The van der Waals surface area contributed by atoms with Gasteiger partial charge in [0, 0.05) is 5.92 Å². The summed E-state index contributed by atoms with van der Waals surface area (Å²) < 4.78 is 93.5. The Balaban J connectivity index is 1.38. The van der Waals surface area contributed by atoms with Crippen molar-refractivity contribution in [2.24, 2.45) is 29.1 Å². The minimum absolute atomic E-state index is 0.0223. The lowest BCUT2D eigenvalue weighted by molar-refractivity contribution is -0.143. The lowest BCUT2D eigenvalue weighted by atomic mass is 9.51. The molecular weight excluding hydrogens is 698 g/mol. The summed E-state index contributed by atoms with van der Waals surface area (Å²) in [6.45, 7) is 1.62. The Kier molecular flexibility index (Phi) is 8.00. The highest BCUT2D eigenvalue weighted by Crippen LogP contribution is 2.64. The van der Waals surface area contributed by atoms with Gasteiger partial charge in [0.1, 0.15) is 0 Å². The van der Waals surface area contributed by atoms with Gasteiger partial charge in [0.2, 0.25) is 29.4 Å². The van der Waals surface area contributed by atoms with Crippen LogP contribution < -0.4 is 19.3 Å². The second kappa shape index (κ2) is 11.9. The Morgan fingerprint density at radius 3 is 1.87 bits per heavy atom. The van der Waals surface area contributed by atoms with E-state index in [0.29, 0.717) is 33.9 Å². The van der Waals surface area contributed by atoms with Crippen LogP contribution in [0.4, 0.5) is 37.7 Å². The highest BCUT2D eigenvalue weighted by Gasteiger charge is 2.68. The van der Waals surface area contributed by atoms with Gasteiger partial charge in [0.05, 0.1) is 59.9 Å². The molecule has 3 aromatic rings. The first kappa shape index (κ1) is 35.1. The van der Waals surface area contributed by atoms with Crippen molar-refractivity contribution >= 4 is 35.0 Å². The van der Waals surface area contributed by atoms with E-state index in [1.807, 2.05) is 0 Å². The van der Waals surface area contributed by atoms with Gasteiger partial charge in [-0.2, -0.15) is 26.3 Å². The third kappa shape index (κ3) is 5.06. The predicted molar refractivity (Wildman–Crippen MR) is 171 cm³/mol. The molecule has 2 saturated heterocycles. The molecule has 9 nitrogen and oxygen atoms in total. The summed E-state index contributed by atoms with van der Waals surface area (Å²) in [5, 5.41) is 10.7. The highest BCUT2D eigenvalue weighted by molar-refractivity contribution is 6.25. The summed E-state index contributed by atoms with van der Waals surface area (Å²) in [6.07, 6.45) is -9.04. The Labute approximate surface area is 292 Å². The molecule has 2 aliphatic heterocycles. The Morgan fingerprint density at radius 2 is 1.33 bits per heavy atom. The van der Waals surface area contributed by atoms with Crippen molar-refractivity contribution in [3.05, 3.63) is 89.0 Å². The molecule has 3 fully saturated rings. The minimum atomic E-state index is -5.23. The lowest BCUT2D eigenvalue weighted by Gasteiger charge is -2.49. The van der Waals surface area contributed by atoms with E-state index in [4.69, 9.17) is 9.47 Å². The number of alkyl halides is 6. The van der Waals surface area contributed by atoms with Gasteiger partial charge >= 0.3 is 12.4 Å². The molecule has 4 amide bonds. The second-order valence-electron chi connectivity index (χ2n) is 13.5. The first-order valence-electron chi connectivity index (χ1n) is 16.2. The third-order valence-corrected chi connectivity index (χ3v) is 11.0. The largest absolute Gasteiger partial charge is 0.502 e. The molecule has 2 heterocycles. The summed E-state index contributed by atoms with van der Waals surface area (Å²) >= 11 is 0. The van der Waals surface area contributed by atoms with Crippen molar-refractivity contribution in [2.75, 3.05) is 24.0 Å². The number of hydrogen-bond donors (Lipinski definition) is 1. The zero-order valence-corrected chi connectivity index (χ0v) is 27.7. The van der Waals surface area contributed by atoms with Gasteiger partial charge in [-0.15, -0.1) is 0 Å². The lowest BCUT2D eigenvalue weighted by Crippen LogP contribution is -2.48. The monoisotopic (exact) mass is 728 g/mol. The Hall–Kier alpha value is -5.34. The van der Waals surface area contributed by atoms with Crippen molar-refractivity contribution in [3.63, 3.8) is 0 Å². The SMILES string of the molecule is COc1cc([C@H]2C3=CC[C@@H]4C(=O)N(c5cc(C(F)(F)F)cc(C(F)(F)F)c5)C(=O)[C@@H]4[C@@H]3C[C@H]3C(=O)N(c4ccccc4)C(=O)[C@@]23C)cc(OC)c1O. The number of amides is 4. The Morgan fingerprint density at radius 1 is 0.750 bits per heavy atom. The van der Waals surface area contributed by atoms with Gasteiger partial charge in [0.15, 0.2) is 11.5 Å². The van der Waals surface area contributed by atoms with E-state index < -0.39 is 87.8 Å². The van der Waals surface area contributed by atoms with E-state index in [0.717, 1.165) is 4.90 Å². The first-order chi connectivity index (χ1) is 24.4. The Bertz CT molecular complexity index is 2010. The van der Waals surface area contributed by atoms with Crippen molar-refractivity contribution in [1.82, 2.24) is 0 Å². The molecule has 3 aromatic carbocycles. The van der Waals surface area contributed by atoms with Crippen molar-refractivity contribution in [3.8, 4) is 17.2 Å². The van der Waals surface area contributed by atoms with Gasteiger partial charge in [0.25, 0.3) is 0 Å². The van der Waals surface area contributed by atoms with Crippen LogP contribution in [0.2, 0.25) is 0 Å². The average molecular weight is 729 g/mol. The number of imide groups is 2. The number of ether oxygens (including phenoxy) is 2. The van der Waals surface area contributed by atoms with Crippen molar-refractivity contribution in [1.29, 1.82) is 0 Å². The number of aromatic hydroxyl groups is 1. The standard InChI is InChI=1S/C37H30F6N2O7/c1-35-25(32(48)45(34(35)50)20-7-5-4-6-8-20)16-24-22(29(35)17-11-26(51-2)30(46)27(12-17)52-3)9-10-23-28(24)33(49)44(31(23)47)21-14-18(36(38,39)40)13-19(15-21)37(41,42)43/h4-9,11-15,23-25,28-29,46H,10,16H2,1-3H3/t23-,24+,25-,28-,29-,35+/m0/s1. The number of allylic oxidation sites excluding steroid dienone is 2. The van der Waals surface area contributed by atoms with E-state index >= 15 is 0 Å². The number of phenolic OH excluding ortho intramolecular Hbond substituents is 1. The molecule has 4 aliphatic rings. The van der Waals surface area contributed by atoms with Crippen LogP contribution in [0, 0.1) is 29.1 Å². The molecule has 272 valence electrons. The van der Waals surface area contributed by atoms with E-state index in [2.05, 4.69) is 0 Å². The predicted octanol–water partition coefficient (Wildman–Crippen LogP) is 6.88. The van der Waals surface area contributed by atoms with Crippen LogP contribution in [-0.4, -0.2) is 43.0 Å². The number of fused-ring (bicyclic) bond motifs is 4. The van der Waals surface area contributed by atoms with Crippen molar-refractivity contribution in [2.45, 2.75) is 38.0 Å². The number of nitrogens with zero attached hydrogens (tertiary/aromatic N) is 2. The maximum Gasteiger partial charge on any atom is 0.416 e. The van der Waals surface area contributed by atoms with Gasteiger partial charge in [-0.25, -0.2) is 9.80 Å². The van der Waals surface area contributed by atoms with E-state index in [9.17, 15) is 50.6 Å². The number of hydrogen-bond acceptors (Lipinski definition) is 7. The molecule has 0 aromatic heterocycles. The van der Waals surface area contributed by atoms with E-state index in [-0.39, 0.29) is 36.2 Å². The summed E-state index contributed by atoms with van der Waals surface area (Å²) in [5.41, 5.74) is -4.60. The topological polar surface area (TPSA) is 113 Å². The van der Waals surface area contributed by atoms with Crippen molar-refractivity contribution < 1.29 is 60.1 Å². The molecule has 7 rings (SSSR count). The molecular formula is C37H30F6N2O7. The summed E-state index contributed by atoms with van der Waals surface area (Å²) in [4.78, 5) is 58.5. The van der Waals surface area contributed by atoms with Crippen LogP contribution in [-0.2, 0) is 31.5 Å². The average Bonchev–Trinajstić information content (AvgIpc) is 3.47. The van der Waals surface area contributed by atoms with Crippen LogP contribution in [0.1, 0.15) is 42.4 Å². The third-order valence-electron chi connectivity index (χ3n) is 11.0. The number of rotatable bonds is 5. The number of carbonyl (C=O) groups is 4. The zero-order chi connectivity index (χ0) is 37.7. The van der Waals surface area contributed by atoms with Crippen LogP contribution in [0.15, 0.2) is 72.3 Å². The number of phenols is 1. The van der Waals surface area contributed by atoms with Gasteiger partial charge in [-0.3, -0.25) is 19.2 Å². The number of halogens is 6. The molecule has 1 N–H and O–H groups in total. The van der Waals surface area contributed by atoms with Gasteiger partial charge in [-0.05, 0) is 73.7 Å². The summed E-state index contributed by atoms with van der Waals surface area (Å²) in [5.74, 6) is -8.96. The maximum absolute atomic E-state index is 14.6. The molecule has 0 radical (unpaired) electrons. The van der Waals surface area contributed by atoms with E-state index in [1.165, 1.54) is 26.4 Å². The fourth-order valence-electron chi connectivity index (χ4n) is 8.62. The minimum Gasteiger partial charge on any atom is -0.502 e. The van der Waals surface area contributed by atoms with E-state index in [1.54, 1.807) is 43.3 Å². The van der Waals surface area contributed by atoms with Crippen LogP contribution in [0.25, 0.3) is 0 Å². The fraction of sp³-hybridized carbons (Fsp3) is 0.351. The fourth-order valence-corrected chi connectivity index (χ4v) is 8.62. The molecule has 1 saturated carbocycles. The zero-order valence-electron chi connectivity index (χ0n) is 27.7. The smallest absolute Gasteiger partial charge is 0.416 e. The van der Waals surface area contributed by atoms with Crippen LogP contribution in [0.3, 0.4) is 0 Å². The molecule has 52 heavy (non-hydrogen) atoms. The number of para-hydroxylation sites is 1. The number of benzene rings is 3. The summed E-state index contributed by atoms with van der Waals surface area (Å²) in [6, 6.07) is 11.7. The van der Waals surface area contributed by atoms with Crippen LogP contribution >= 0.6 is 0 Å². The molecule has 15 heteroatoms. The number of anilines is 2. The molecule has 0 bridgehead atoms. The number of methoxy groups -OCH3 is 2.